The van der Waals surface area contributed by atoms with Gasteiger partial charge in [-0.15, -0.1) is 0 Å². The highest BCUT2D eigenvalue weighted by molar-refractivity contribution is 6.43. The molecule has 1 aliphatic heterocycles. The van der Waals surface area contributed by atoms with Gasteiger partial charge in [0.1, 0.15) is 5.75 Å². The number of benzene rings is 2. The van der Waals surface area contributed by atoms with Crippen LogP contribution in [0.3, 0.4) is 0 Å². The highest BCUT2D eigenvalue weighted by atomic mass is 35.5. The fraction of sp³-hybridized carbons (Fsp3) is 0.176. The summed E-state index contributed by atoms with van der Waals surface area (Å²) in [5.41, 5.74) is 1.12. The van der Waals surface area contributed by atoms with Crippen molar-refractivity contribution in [1.29, 1.82) is 0 Å². The van der Waals surface area contributed by atoms with E-state index in [0.717, 1.165) is 0 Å². The molecule has 124 valence electrons. The van der Waals surface area contributed by atoms with Crippen LogP contribution in [-0.2, 0) is 9.59 Å². The molecule has 24 heavy (non-hydrogen) atoms. The minimum Gasteiger partial charge on any atom is -0.482 e. The number of para-hydroxylation sites is 2. The number of nitrogens with zero attached hydrogens (tertiary/aromatic N) is 1. The fourth-order valence-electron chi connectivity index (χ4n) is 2.43. The molecule has 2 aromatic rings. The predicted molar refractivity (Wildman–Crippen MR) is 94.0 cm³/mol. The Labute approximate surface area is 149 Å². The zero-order valence-corrected chi connectivity index (χ0v) is 14.1. The third kappa shape index (κ3) is 3.47. The summed E-state index contributed by atoms with van der Waals surface area (Å²) in [5, 5.41) is 3.36. The average Bonchev–Trinajstić information content (AvgIpc) is 2.58. The molecule has 5 nitrogen and oxygen atoms in total. The number of carbonyl (C=O) groups excluding carboxylic acids is 2. The fourth-order valence-corrected chi connectivity index (χ4v) is 2.77. The number of carbonyl (C=O) groups is 2. The smallest absolute Gasteiger partial charge is 0.265 e. The molecule has 1 aliphatic rings. The Morgan fingerprint density at radius 3 is 2.79 bits per heavy atom. The van der Waals surface area contributed by atoms with Crippen LogP contribution in [0.15, 0.2) is 42.5 Å². The van der Waals surface area contributed by atoms with Gasteiger partial charge in [-0.25, -0.2) is 0 Å². The molecule has 0 atom stereocenters. The molecule has 0 fully saturated rings. The second-order valence-electron chi connectivity index (χ2n) is 5.20. The van der Waals surface area contributed by atoms with Crippen molar-refractivity contribution in [3.05, 3.63) is 52.5 Å². The molecule has 7 heteroatoms. The number of ether oxygens (including phenoxy) is 1. The number of fused-ring (bicyclic) bond motifs is 1. The monoisotopic (exact) mass is 364 g/mol. The Morgan fingerprint density at radius 1 is 1.17 bits per heavy atom. The van der Waals surface area contributed by atoms with Crippen LogP contribution < -0.4 is 15.0 Å². The van der Waals surface area contributed by atoms with Gasteiger partial charge in [-0.05, 0) is 24.3 Å². The Balaban J connectivity index is 1.66. The van der Waals surface area contributed by atoms with Gasteiger partial charge in [-0.2, -0.15) is 0 Å². The van der Waals surface area contributed by atoms with E-state index in [-0.39, 0.29) is 31.4 Å². The molecule has 0 bridgehead atoms. The molecule has 0 aromatic heterocycles. The van der Waals surface area contributed by atoms with E-state index < -0.39 is 0 Å². The minimum atomic E-state index is -0.254. The topological polar surface area (TPSA) is 58.6 Å². The summed E-state index contributed by atoms with van der Waals surface area (Å²) in [6, 6.07) is 12.2. The van der Waals surface area contributed by atoms with Gasteiger partial charge in [0.25, 0.3) is 5.91 Å². The summed E-state index contributed by atoms with van der Waals surface area (Å²) in [6.45, 7) is 0.224. The number of rotatable bonds is 4. The van der Waals surface area contributed by atoms with Crippen LogP contribution in [0.5, 0.6) is 5.75 Å². The number of hydrogen-bond acceptors (Lipinski definition) is 3. The Bertz CT molecular complexity index is 795. The highest BCUT2D eigenvalue weighted by Gasteiger charge is 2.25. The van der Waals surface area contributed by atoms with E-state index in [1.54, 1.807) is 35.2 Å². The minimum absolute atomic E-state index is 0.0290. The summed E-state index contributed by atoms with van der Waals surface area (Å²) in [6.07, 6.45) is 0.128. The number of anilines is 2. The van der Waals surface area contributed by atoms with Gasteiger partial charge in [0.2, 0.25) is 5.91 Å². The highest BCUT2D eigenvalue weighted by Crippen LogP contribution is 2.32. The van der Waals surface area contributed by atoms with Crippen LogP contribution >= 0.6 is 23.2 Å². The number of hydrogen-bond donors (Lipinski definition) is 1. The zero-order valence-electron chi connectivity index (χ0n) is 12.6. The van der Waals surface area contributed by atoms with Gasteiger partial charge >= 0.3 is 0 Å². The Hall–Kier alpha value is -2.24. The van der Waals surface area contributed by atoms with Gasteiger partial charge in [0.05, 0.1) is 21.4 Å². The standard InChI is InChI=1S/C17H14Cl2N2O3/c18-11-4-3-5-12(17(11)19)20-15(22)8-9-21-13-6-1-2-7-14(13)24-10-16(21)23/h1-7H,8-10H2,(H,20,22). The lowest BCUT2D eigenvalue weighted by Crippen LogP contribution is -2.40. The first-order valence-corrected chi connectivity index (χ1v) is 8.08. The van der Waals surface area contributed by atoms with E-state index in [1.807, 2.05) is 12.1 Å². The Morgan fingerprint density at radius 2 is 1.96 bits per heavy atom. The summed E-state index contributed by atoms with van der Waals surface area (Å²) in [5.74, 6) is 0.202. The van der Waals surface area contributed by atoms with Gasteiger partial charge in [0, 0.05) is 13.0 Å². The van der Waals surface area contributed by atoms with Crippen LogP contribution in [-0.4, -0.2) is 25.0 Å². The van der Waals surface area contributed by atoms with Crippen molar-refractivity contribution in [3.63, 3.8) is 0 Å². The van der Waals surface area contributed by atoms with Gasteiger partial charge < -0.3 is 15.0 Å². The number of nitrogens with one attached hydrogen (secondary N) is 1. The van der Waals surface area contributed by atoms with Crippen molar-refractivity contribution in [2.45, 2.75) is 6.42 Å². The van der Waals surface area contributed by atoms with Crippen LogP contribution in [0.1, 0.15) is 6.42 Å². The SMILES string of the molecule is O=C(CCN1C(=O)COc2ccccc21)Nc1cccc(Cl)c1Cl. The molecule has 3 rings (SSSR count). The molecule has 2 aromatic carbocycles. The third-order valence-corrected chi connectivity index (χ3v) is 4.42. The lowest BCUT2D eigenvalue weighted by molar-refractivity contribution is -0.121. The molecule has 2 amide bonds. The van der Waals surface area contributed by atoms with Gasteiger partial charge in [0.15, 0.2) is 6.61 Å². The predicted octanol–water partition coefficient (Wildman–Crippen LogP) is 3.75. The normalized spacial score (nSPS) is 13.2. The average molecular weight is 365 g/mol. The van der Waals surface area contributed by atoms with Gasteiger partial charge in [-0.3, -0.25) is 9.59 Å². The molecule has 0 unspecified atom stereocenters. The van der Waals surface area contributed by atoms with Crippen molar-refractivity contribution >= 4 is 46.4 Å². The maximum atomic E-state index is 12.2. The summed E-state index contributed by atoms with van der Waals surface area (Å²) in [7, 11) is 0. The van der Waals surface area contributed by atoms with E-state index in [1.165, 1.54) is 0 Å². The summed E-state index contributed by atoms with van der Waals surface area (Å²) in [4.78, 5) is 25.8. The molecule has 1 N–H and O–H groups in total. The molecular weight excluding hydrogens is 351 g/mol. The molecule has 0 saturated heterocycles. The lowest BCUT2D eigenvalue weighted by atomic mass is 10.2. The van der Waals surface area contributed by atoms with E-state index in [0.29, 0.717) is 27.2 Å². The maximum Gasteiger partial charge on any atom is 0.265 e. The van der Waals surface area contributed by atoms with E-state index in [4.69, 9.17) is 27.9 Å². The third-order valence-electron chi connectivity index (χ3n) is 3.60. The summed E-state index contributed by atoms with van der Waals surface area (Å²) < 4.78 is 5.37. The van der Waals surface area contributed by atoms with Crippen molar-refractivity contribution in [3.8, 4) is 5.75 Å². The summed E-state index contributed by atoms with van der Waals surface area (Å²) >= 11 is 12.0. The first kappa shape index (κ1) is 16.6. The Kier molecular flexibility index (Phi) is 4.92. The van der Waals surface area contributed by atoms with Crippen LogP contribution in [0.4, 0.5) is 11.4 Å². The van der Waals surface area contributed by atoms with Crippen molar-refractivity contribution < 1.29 is 14.3 Å². The van der Waals surface area contributed by atoms with Crippen LogP contribution in [0, 0.1) is 0 Å². The van der Waals surface area contributed by atoms with Crippen molar-refractivity contribution in [1.82, 2.24) is 0 Å². The number of halogens is 2. The van der Waals surface area contributed by atoms with Crippen molar-refractivity contribution in [2.24, 2.45) is 0 Å². The largest absolute Gasteiger partial charge is 0.482 e. The maximum absolute atomic E-state index is 12.2. The van der Waals surface area contributed by atoms with Crippen LogP contribution in [0.2, 0.25) is 10.0 Å². The number of amides is 2. The zero-order chi connectivity index (χ0) is 17.1. The van der Waals surface area contributed by atoms with E-state index in [9.17, 15) is 9.59 Å². The molecule has 1 heterocycles. The lowest BCUT2D eigenvalue weighted by Gasteiger charge is -2.29. The van der Waals surface area contributed by atoms with E-state index >= 15 is 0 Å². The molecule has 0 spiro atoms. The van der Waals surface area contributed by atoms with Gasteiger partial charge in [-0.1, -0.05) is 41.4 Å². The first-order valence-electron chi connectivity index (χ1n) is 7.32. The molecule has 0 saturated carbocycles. The molecule has 0 aliphatic carbocycles. The first-order chi connectivity index (χ1) is 11.6. The molecular formula is C17H14Cl2N2O3. The quantitative estimate of drug-likeness (QED) is 0.898. The molecule has 0 radical (unpaired) electrons. The second kappa shape index (κ2) is 7.11. The van der Waals surface area contributed by atoms with Crippen molar-refractivity contribution in [2.75, 3.05) is 23.4 Å². The second-order valence-corrected chi connectivity index (χ2v) is 5.99. The van der Waals surface area contributed by atoms with Crippen LogP contribution in [0.25, 0.3) is 0 Å². The van der Waals surface area contributed by atoms with E-state index in [2.05, 4.69) is 5.32 Å².